The van der Waals surface area contributed by atoms with Crippen LogP contribution < -0.4 is 10.2 Å². The van der Waals surface area contributed by atoms with E-state index in [0.29, 0.717) is 76.1 Å². The molecule has 10 N–H and O–H groups in total. The molecule has 21 heteroatoms. The minimum atomic E-state index is -1.06. The van der Waals surface area contributed by atoms with Gasteiger partial charge in [0.05, 0.1) is 87.5 Å². The molecular weight excluding hydrogens is 985 g/mol. The van der Waals surface area contributed by atoms with Gasteiger partial charge in [-0.3, -0.25) is 0 Å². The largest absolute Gasteiger partial charge is 2.00 e. The number of carboxylic acid groups (broad SMARTS) is 2. The third-order valence-electron chi connectivity index (χ3n) is 14.2. The number of epoxide rings is 2. The first-order valence-corrected chi connectivity index (χ1v) is 25.9. The Morgan fingerprint density at radius 1 is 0.534 bits per heavy atom. The van der Waals surface area contributed by atoms with E-state index < -0.39 is 72.7 Å². The molecule has 0 aliphatic carbocycles. The molecule has 0 aromatic heterocycles. The third kappa shape index (κ3) is 27.8. The Hall–Kier alpha value is -1.86. The molecule has 16 atom stereocenters. The topological polar surface area (TPSA) is 361 Å². The number of aliphatic hydroxyl groups is 6. The number of carbonyl (C=O) groups is 4. The Bertz CT molecular complexity index is 1510. The van der Waals surface area contributed by atoms with Crippen LogP contribution in [0.3, 0.4) is 0 Å². The van der Waals surface area contributed by atoms with Crippen molar-refractivity contribution < 1.29 is 99.4 Å². The van der Waals surface area contributed by atoms with Crippen molar-refractivity contribution in [1.29, 1.82) is 0 Å². The van der Waals surface area contributed by atoms with E-state index >= 15 is 0 Å². The summed E-state index contributed by atoms with van der Waals surface area (Å²) in [5, 5.41) is 82.4. The number of aliphatic hydroxyl groups excluding tert-OH is 6. The summed E-state index contributed by atoms with van der Waals surface area (Å²) in [5.41, 5.74) is 1.41. The molecule has 4 rings (SSSR count). The van der Waals surface area contributed by atoms with Gasteiger partial charge in [-0.15, -0.1) is 0 Å². The maximum absolute atomic E-state index is 12.0. The average Bonchev–Trinajstić information content (AvgIpc) is 4.23. The summed E-state index contributed by atoms with van der Waals surface area (Å²) in [4.78, 5) is 44.8. The summed E-state index contributed by atoms with van der Waals surface area (Å²) in [7, 11) is 0. The van der Waals surface area contributed by atoms with Crippen molar-refractivity contribution in [2.24, 2.45) is 23.7 Å². The summed E-state index contributed by atoms with van der Waals surface area (Å²) >= 11 is 0. The predicted molar refractivity (Wildman–Crippen MR) is 265 cm³/mol. The molecule has 4 fully saturated rings. The summed E-state index contributed by atoms with van der Waals surface area (Å²) in [6.07, 6.45) is 8.59. The van der Waals surface area contributed by atoms with E-state index in [4.69, 9.17) is 28.4 Å². The predicted octanol–water partition coefficient (Wildman–Crippen LogP) is 0.485. The second-order valence-electron chi connectivity index (χ2n) is 20.4. The number of aliphatic carboxylic acids is 2. The van der Waals surface area contributed by atoms with Crippen LogP contribution >= 0.6 is 0 Å². The van der Waals surface area contributed by atoms with Crippen molar-refractivity contribution in [3.8, 4) is 0 Å². The molecule has 420 valence electrons. The second kappa shape index (κ2) is 37.8. The van der Waals surface area contributed by atoms with Gasteiger partial charge < -0.3 is 89.8 Å². The van der Waals surface area contributed by atoms with E-state index in [-0.39, 0.29) is 110 Å². The molecule has 4 saturated heterocycles. The van der Waals surface area contributed by atoms with E-state index in [2.05, 4.69) is 0 Å². The number of esters is 2. The molecule has 0 bridgehead atoms. The molecule has 0 radical (unpaired) electrons. The van der Waals surface area contributed by atoms with Crippen LogP contribution in [0.15, 0.2) is 23.3 Å². The van der Waals surface area contributed by atoms with E-state index in [9.17, 15) is 60.0 Å². The molecular formula is C52H90CaO20. The zero-order valence-electron chi connectivity index (χ0n) is 44.2. The number of hydrogen-bond acceptors (Lipinski definition) is 18. The molecule has 6 unspecified atom stereocenters. The SMILES string of the molecule is C/C(=C\C(=O)OCCCCCCCCC(=O)[O-])CC1OC[C@H](C[C@@H]2O[C@H]2[C@@H](C)C(C)O)C(O)C1O.C/C(=C\C(=O)OCCCCCCCCC(=O)[O-])CC1OC[C@H](C[C@@H]2O[C@H]2[C@@H](C)[C@H](C)O)C(O)[C@H]1O.O.O.[Ca+2]. The normalized spacial score (nSPS) is 29.3. The summed E-state index contributed by atoms with van der Waals surface area (Å²) < 4.78 is 33.4. The number of carbonyl (C=O) groups excluding carboxylic acids is 4. The Balaban J connectivity index is 0.00000136. The van der Waals surface area contributed by atoms with Gasteiger partial charge >= 0.3 is 49.7 Å². The zero-order valence-corrected chi connectivity index (χ0v) is 46.4. The molecule has 0 saturated carbocycles. The van der Waals surface area contributed by atoms with Crippen LogP contribution in [0, 0.1) is 23.7 Å². The molecule has 0 spiro atoms. The van der Waals surface area contributed by atoms with Crippen molar-refractivity contribution in [2.75, 3.05) is 26.4 Å². The van der Waals surface area contributed by atoms with Gasteiger partial charge in [-0.1, -0.05) is 76.4 Å². The van der Waals surface area contributed by atoms with Crippen LogP contribution in [0.4, 0.5) is 0 Å². The van der Waals surface area contributed by atoms with Crippen molar-refractivity contribution in [2.45, 2.75) is 230 Å². The number of carboxylic acids is 2. The molecule has 0 aromatic rings. The van der Waals surface area contributed by atoms with Crippen molar-refractivity contribution >= 4 is 61.6 Å². The number of rotatable bonds is 32. The first-order valence-electron chi connectivity index (χ1n) is 25.9. The van der Waals surface area contributed by atoms with Crippen molar-refractivity contribution in [1.82, 2.24) is 0 Å². The molecule has 4 aliphatic rings. The fraction of sp³-hybridized carbons (Fsp3) is 0.846. The molecule has 4 heterocycles. The minimum Gasteiger partial charge on any atom is -0.550 e. The van der Waals surface area contributed by atoms with Crippen LogP contribution in [-0.4, -0.2) is 203 Å². The van der Waals surface area contributed by atoms with Crippen LogP contribution in [0.5, 0.6) is 0 Å². The van der Waals surface area contributed by atoms with Crippen LogP contribution in [0.1, 0.15) is 157 Å². The monoisotopic (exact) mass is 1070 g/mol. The average molecular weight is 1080 g/mol. The van der Waals surface area contributed by atoms with Gasteiger partial charge in [-0.2, -0.15) is 0 Å². The Morgan fingerprint density at radius 2 is 0.849 bits per heavy atom. The van der Waals surface area contributed by atoms with Gasteiger partial charge in [0.25, 0.3) is 0 Å². The van der Waals surface area contributed by atoms with Gasteiger partial charge in [0.2, 0.25) is 0 Å². The van der Waals surface area contributed by atoms with Gasteiger partial charge in [0.15, 0.2) is 0 Å². The molecule has 4 aliphatic heterocycles. The van der Waals surface area contributed by atoms with Gasteiger partial charge in [-0.05, 0) is 91.9 Å². The van der Waals surface area contributed by atoms with Crippen LogP contribution in [0.25, 0.3) is 0 Å². The third-order valence-corrected chi connectivity index (χ3v) is 14.2. The second-order valence-corrected chi connectivity index (χ2v) is 20.4. The molecule has 73 heavy (non-hydrogen) atoms. The Kier molecular flexibility index (Phi) is 36.9. The molecule has 0 aromatic carbocycles. The van der Waals surface area contributed by atoms with Gasteiger partial charge in [-0.25, -0.2) is 9.59 Å². The molecule has 0 amide bonds. The number of ether oxygens (including phenoxy) is 6. The Morgan fingerprint density at radius 3 is 1.16 bits per heavy atom. The Labute approximate surface area is 462 Å². The van der Waals surface area contributed by atoms with E-state index in [1.807, 2.05) is 13.8 Å². The van der Waals surface area contributed by atoms with E-state index in [1.54, 1.807) is 27.7 Å². The smallest absolute Gasteiger partial charge is 0.550 e. The van der Waals surface area contributed by atoms with Crippen LogP contribution in [-0.2, 0) is 47.6 Å². The quantitative estimate of drug-likeness (QED) is 0.0175. The number of unbranched alkanes of at least 4 members (excludes halogenated alkanes) is 10. The number of hydrogen-bond donors (Lipinski definition) is 6. The first-order chi connectivity index (χ1) is 33.2. The van der Waals surface area contributed by atoms with Gasteiger partial charge in [0, 0.05) is 47.8 Å². The molecule has 20 nitrogen and oxygen atoms in total. The van der Waals surface area contributed by atoms with E-state index in [1.165, 1.54) is 12.2 Å². The zero-order chi connectivity index (χ0) is 51.9. The van der Waals surface area contributed by atoms with Crippen molar-refractivity contribution in [3.05, 3.63) is 23.3 Å². The van der Waals surface area contributed by atoms with Crippen molar-refractivity contribution in [3.63, 3.8) is 0 Å². The fourth-order valence-corrected chi connectivity index (χ4v) is 9.16. The van der Waals surface area contributed by atoms with Gasteiger partial charge in [0.1, 0.15) is 12.2 Å². The maximum atomic E-state index is 12.0. The maximum Gasteiger partial charge on any atom is 2.00 e. The minimum absolute atomic E-state index is 0. The summed E-state index contributed by atoms with van der Waals surface area (Å²) in [6.45, 7) is 12.1. The van der Waals surface area contributed by atoms with Crippen LogP contribution in [0.2, 0.25) is 0 Å². The van der Waals surface area contributed by atoms with E-state index in [0.717, 1.165) is 64.2 Å². The summed E-state index contributed by atoms with van der Waals surface area (Å²) in [5.74, 6) is -3.37. The first kappa shape index (κ1) is 71.1. The summed E-state index contributed by atoms with van der Waals surface area (Å²) in [6, 6.07) is 0. The standard InChI is InChI=1S/2C26H44O9.Ca.2H2O/c2*1-16(13-23(30)33-11-9-7-5-4-6-8-10-22(28)29)12-20-25(32)24(31)19(15-34-20)14-21-26(35-21)17(2)18(3)27;;;/h2*13,17-21,24-27,31-32H,4-12,14-15H2,1-3H3,(H,28,29);;2*1H2/q;;+2;;/p-2/b2*16-13+;;;/t17-,18?,19-,20?,21-,24?,25?,26-;17-,18-,19-,20?,21-,24?,25-,26-;;;/m00.../s1. The fourth-order valence-electron chi connectivity index (χ4n) is 9.16.